The number of para-hydroxylation sites is 1. The summed E-state index contributed by atoms with van der Waals surface area (Å²) in [6.07, 6.45) is 0. The number of anilines is 2. The molecule has 3 aromatic carbocycles. The molecule has 0 atom stereocenters. The first kappa shape index (κ1) is 17.8. The van der Waals surface area contributed by atoms with Crippen molar-refractivity contribution < 1.29 is 18.3 Å². The SMILES string of the molecule is COc1ccc(S(=O)(=O)Cc2ccccc2Nc2ccc(O)cc2)cc1. The minimum Gasteiger partial charge on any atom is -0.508 e. The van der Waals surface area contributed by atoms with E-state index >= 15 is 0 Å². The zero-order valence-electron chi connectivity index (χ0n) is 14.2. The average molecular weight is 369 g/mol. The summed E-state index contributed by atoms with van der Waals surface area (Å²) in [5.74, 6) is 0.657. The molecule has 0 spiro atoms. The summed E-state index contributed by atoms with van der Waals surface area (Å²) in [6, 6.07) is 20.2. The zero-order valence-corrected chi connectivity index (χ0v) is 15.0. The van der Waals surface area contributed by atoms with Gasteiger partial charge in [0.1, 0.15) is 11.5 Å². The molecular formula is C20H19NO4S. The van der Waals surface area contributed by atoms with E-state index in [1.807, 2.05) is 12.1 Å². The molecule has 26 heavy (non-hydrogen) atoms. The van der Waals surface area contributed by atoms with Crippen molar-refractivity contribution in [3.8, 4) is 11.5 Å². The number of benzene rings is 3. The van der Waals surface area contributed by atoms with Crippen LogP contribution in [0.15, 0.2) is 77.7 Å². The molecule has 0 bridgehead atoms. The number of aromatic hydroxyl groups is 1. The highest BCUT2D eigenvalue weighted by atomic mass is 32.2. The Kier molecular flexibility index (Phi) is 5.14. The summed E-state index contributed by atoms with van der Waals surface area (Å²) in [5, 5.41) is 12.6. The molecule has 0 aliphatic carbocycles. The smallest absolute Gasteiger partial charge is 0.182 e. The zero-order chi connectivity index (χ0) is 18.6. The summed E-state index contributed by atoms with van der Waals surface area (Å²) in [5.41, 5.74) is 2.13. The number of hydrogen-bond acceptors (Lipinski definition) is 5. The van der Waals surface area contributed by atoms with Gasteiger partial charge in [-0.15, -0.1) is 0 Å². The van der Waals surface area contributed by atoms with Crippen LogP contribution in [0.5, 0.6) is 11.5 Å². The lowest BCUT2D eigenvalue weighted by molar-refractivity contribution is 0.414. The van der Waals surface area contributed by atoms with Gasteiger partial charge in [0.25, 0.3) is 0 Å². The van der Waals surface area contributed by atoms with E-state index in [4.69, 9.17) is 4.74 Å². The molecule has 0 radical (unpaired) electrons. The number of sulfone groups is 1. The summed E-state index contributed by atoms with van der Waals surface area (Å²) >= 11 is 0. The van der Waals surface area contributed by atoms with Gasteiger partial charge < -0.3 is 15.2 Å². The molecule has 0 fully saturated rings. The molecule has 0 saturated carbocycles. The highest BCUT2D eigenvalue weighted by molar-refractivity contribution is 7.90. The van der Waals surface area contributed by atoms with Gasteiger partial charge in [-0.05, 0) is 60.2 Å². The van der Waals surface area contributed by atoms with Crippen LogP contribution in [-0.2, 0) is 15.6 Å². The molecule has 3 aromatic rings. The van der Waals surface area contributed by atoms with E-state index in [0.29, 0.717) is 17.0 Å². The Balaban J connectivity index is 1.86. The number of rotatable bonds is 6. The Bertz CT molecular complexity index is 981. The van der Waals surface area contributed by atoms with Gasteiger partial charge in [0.05, 0.1) is 17.8 Å². The van der Waals surface area contributed by atoms with Crippen LogP contribution in [0.1, 0.15) is 5.56 Å². The Morgan fingerprint density at radius 2 is 1.58 bits per heavy atom. The second kappa shape index (κ2) is 7.49. The van der Waals surface area contributed by atoms with Crippen molar-refractivity contribution in [1.29, 1.82) is 0 Å². The maximum absolute atomic E-state index is 12.7. The van der Waals surface area contributed by atoms with Crippen molar-refractivity contribution >= 4 is 21.2 Å². The van der Waals surface area contributed by atoms with Crippen LogP contribution < -0.4 is 10.1 Å². The van der Waals surface area contributed by atoms with Crippen molar-refractivity contribution in [3.63, 3.8) is 0 Å². The molecule has 3 rings (SSSR count). The van der Waals surface area contributed by atoms with E-state index in [9.17, 15) is 13.5 Å². The number of phenols is 1. The van der Waals surface area contributed by atoms with Gasteiger partial charge in [-0.1, -0.05) is 18.2 Å². The number of nitrogens with one attached hydrogen (secondary N) is 1. The molecule has 0 unspecified atom stereocenters. The molecule has 0 aromatic heterocycles. The predicted octanol–water partition coefficient (Wildman–Crippen LogP) is 4.12. The van der Waals surface area contributed by atoms with Crippen molar-refractivity contribution in [2.24, 2.45) is 0 Å². The highest BCUT2D eigenvalue weighted by Gasteiger charge is 2.17. The summed E-state index contributed by atoms with van der Waals surface area (Å²) in [7, 11) is -1.96. The average Bonchev–Trinajstić information content (AvgIpc) is 2.65. The molecular weight excluding hydrogens is 350 g/mol. The normalized spacial score (nSPS) is 11.1. The van der Waals surface area contributed by atoms with E-state index in [2.05, 4.69) is 5.32 Å². The van der Waals surface area contributed by atoms with Gasteiger partial charge >= 0.3 is 0 Å². The first-order chi connectivity index (χ1) is 12.5. The molecule has 5 nitrogen and oxygen atoms in total. The Morgan fingerprint density at radius 3 is 2.23 bits per heavy atom. The molecule has 0 saturated heterocycles. The number of phenolic OH excluding ortho intramolecular Hbond substituents is 1. The van der Waals surface area contributed by atoms with Crippen molar-refractivity contribution in [3.05, 3.63) is 78.4 Å². The molecule has 6 heteroatoms. The summed E-state index contributed by atoms with van der Waals surface area (Å²) in [4.78, 5) is 0.248. The number of hydrogen-bond donors (Lipinski definition) is 2. The standard InChI is InChI=1S/C20H19NO4S/c1-25-18-10-12-19(13-11-18)26(23,24)14-15-4-2-3-5-20(15)21-16-6-8-17(22)9-7-16/h2-13,21-22H,14H2,1H3. The van der Waals surface area contributed by atoms with Crippen LogP contribution in [0.2, 0.25) is 0 Å². The van der Waals surface area contributed by atoms with Crippen LogP contribution in [0, 0.1) is 0 Å². The largest absolute Gasteiger partial charge is 0.508 e. The lowest BCUT2D eigenvalue weighted by Crippen LogP contribution is -2.07. The van der Waals surface area contributed by atoms with Gasteiger partial charge in [-0.3, -0.25) is 0 Å². The lowest BCUT2D eigenvalue weighted by Gasteiger charge is -2.13. The van der Waals surface area contributed by atoms with Crippen LogP contribution >= 0.6 is 0 Å². The third-order valence-corrected chi connectivity index (χ3v) is 5.61. The third-order valence-electron chi connectivity index (χ3n) is 3.93. The monoisotopic (exact) mass is 369 g/mol. The van der Waals surface area contributed by atoms with E-state index in [1.54, 1.807) is 60.7 Å². The van der Waals surface area contributed by atoms with Gasteiger partial charge in [-0.2, -0.15) is 0 Å². The van der Waals surface area contributed by atoms with Crippen LogP contribution in [-0.4, -0.2) is 20.6 Å². The fourth-order valence-corrected chi connectivity index (χ4v) is 3.92. The maximum atomic E-state index is 12.7. The highest BCUT2D eigenvalue weighted by Crippen LogP contribution is 2.26. The second-order valence-electron chi connectivity index (χ2n) is 5.76. The topological polar surface area (TPSA) is 75.6 Å². The Morgan fingerprint density at radius 1 is 0.923 bits per heavy atom. The fourth-order valence-electron chi connectivity index (χ4n) is 2.54. The van der Waals surface area contributed by atoms with E-state index in [-0.39, 0.29) is 16.4 Å². The van der Waals surface area contributed by atoms with Gasteiger partial charge in [0.2, 0.25) is 0 Å². The Labute approximate surface area is 152 Å². The van der Waals surface area contributed by atoms with E-state index in [1.165, 1.54) is 7.11 Å². The van der Waals surface area contributed by atoms with Gasteiger partial charge in [0.15, 0.2) is 9.84 Å². The van der Waals surface area contributed by atoms with Gasteiger partial charge in [-0.25, -0.2) is 8.42 Å². The number of ether oxygens (including phenoxy) is 1. The fraction of sp³-hybridized carbons (Fsp3) is 0.100. The molecule has 0 heterocycles. The van der Waals surface area contributed by atoms with E-state index in [0.717, 1.165) is 5.69 Å². The summed E-state index contributed by atoms with van der Waals surface area (Å²) < 4.78 is 30.6. The van der Waals surface area contributed by atoms with Crippen LogP contribution in [0.25, 0.3) is 0 Å². The molecule has 0 aliphatic heterocycles. The molecule has 0 amide bonds. The lowest BCUT2D eigenvalue weighted by atomic mass is 10.2. The molecule has 2 N–H and O–H groups in total. The summed E-state index contributed by atoms with van der Waals surface area (Å²) in [6.45, 7) is 0. The van der Waals surface area contributed by atoms with Crippen LogP contribution in [0.4, 0.5) is 11.4 Å². The second-order valence-corrected chi connectivity index (χ2v) is 7.75. The minimum absolute atomic E-state index is 0.124. The first-order valence-corrected chi connectivity index (χ1v) is 9.64. The van der Waals surface area contributed by atoms with Gasteiger partial charge in [0, 0.05) is 11.4 Å². The number of methoxy groups -OCH3 is 1. The van der Waals surface area contributed by atoms with Crippen LogP contribution in [0.3, 0.4) is 0 Å². The maximum Gasteiger partial charge on any atom is 0.182 e. The first-order valence-electron chi connectivity index (χ1n) is 7.99. The quantitative estimate of drug-likeness (QED) is 0.639. The van der Waals surface area contributed by atoms with Crippen molar-refractivity contribution in [2.45, 2.75) is 10.6 Å². The predicted molar refractivity (Wildman–Crippen MR) is 102 cm³/mol. The van der Waals surface area contributed by atoms with E-state index < -0.39 is 9.84 Å². The van der Waals surface area contributed by atoms with Crippen molar-refractivity contribution in [2.75, 3.05) is 12.4 Å². The third kappa shape index (κ3) is 4.15. The molecule has 0 aliphatic rings. The molecule has 134 valence electrons. The van der Waals surface area contributed by atoms with Crippen molar-refractivity contribution in [1.82, 2.24) is 0 Å². The minimum atomic E-state index is -3.50. The Hall–Kier alpha value is -2.99.